The van der Waals surface area contributed by atoms with Crippen molar-refractivity contribution in [1.82, 2.24) is 25.3 Å². The maximum Gasteiger partial charge on any atom is 0.357 e. The van der Waals surface area contributed by atoms with E-state index in [4.69, 9.17) is 5.11 Å². The highest BCUT2D eigenvalue weighted by atomic mass is 16.4. The van der Waals surface area contributed by atoms with Gasteiger partial charge in [0.2, 0.25) is 11.8 Å². The second-order valence-electron chi connectivity index (χ2n) is 8.28. The number of hydrogen-bond donors (Lipinski definition) is 4. The third-order valence-corrected chi connectivity index (χ3v) is 5.28. The van der Waals surface area contributed by atoms with Crippen LogP contribution in [0.3, 0.4) is 0 Å². The Morgan fingerprint density at radius 1 is 1.03 bits per heavy atom. The highest BCUT2D eigenvalue weighted by Gasteiger charge is 2.23. The molecule has 1 aromatic heterocycles. The Hall–Kier alpha value is -3.96. The predicted molar refractivity (Wildman–Crippen MR) is 126 cm³/mol. The average Bonchev–Trinajstić information content (AvgIpc) is 3.19. The smallest absolute Gasteiger partial charge is 0.357 e. The number of unbranched alkanes of at least 4 members (excludes halogenated alkanes) is 2. The molecule has 0 aliphatic carbocycles. The molecule has 2 rings (SSSR count). The third-order valence-electron chi connectivity index (χ3n) is 5.28. The quantitative estimate of drug-likeness (QED) is 0.308. The molecule has 0 aliphatic heterocycles. The molecule has 0 unspecified atom stereocenters. The fraction of sp³-hybridized carbons (Fsp3) is 0.478. The molecule has 0 radical (unpaired) electrons. The summed E-state index contributed by atoms with van der Waals surface area (Å²) in [6, 6.07) is 5.47. The number of nitrogens with zero attached hydrogens (tertiary/aromatic N) is 3. The Morgan fingerprint density at radius 2 is 1.74 bits per heavy atom. The molecule has 4 N–H and O–H groups in total. The van der Waals surface area contributed by atoms with Crippen LogP contribution < -0.4 is 10.6 Å². The summed E-state index contributed by atoms with van der Waals surface area (Å²) in [5, 5.41) is 27.6. The number of aromatic carboxylic acids is 1. The number of para-hydroxylation sites is 1. The zero-order valence-corrected chi connectivity index (χ0v) is 19.8. The van der Waals surface area contributed by atoms with Gasteiger partial charge in [-0.25, -0.2) is 9.59 Å². The molecule has 0 saturated carbocycles. The third kappa shape index (κ3) is 8.40. The van der Waals surface area contributed by atoms with Crippen molar-refractivity contribution < 1.29 is 34.2 Å². The van der Waals surface area contributed by atoms with Crippen LogP contribution in [-0.2, 0) is 14.4 Å². The first-order chi connectivity index (χ1) is 16.6. The molecule has 0 fully saturated rings. The van der Waals surface area contributed by atoms with Gasteiger partial charge in [-0.15, -0.1) is 0 Å². The number of aliphatic carboxylic acids is 1. The topological polar surface area (TPSA) is 171 Å². The summed E-state index contributed by atoms with van der Waals surface area (Å²) in [5.41, 5.74) is 0.0717. The van der Waals surface area contributed by atoms with Gasteiger partial charge in [0.1, 0.15) is 6.54 Å². The lowest BCUT2D eigenvalue weighted by Gasteiger charge is -2.19. The van der Waals surface area contributed by atoms with Gasteiger partial charge in [-0.3, -0.25) is 14.4 Å². The number of hydrogen-bond acceptors (Lipinski definition) is 6. The van der Waals surface area contributed by atoms with Crippen LogP contribution in [-0.4, -0.2) is 80.9 Å². The Kier molecular flexibility index (Phi) is 10.2. The van der Waals surface area contributed by atoms with E-state index in [0.717, 1.165) is 16.0 Å². The van der Waals surface area contributed by atoms with Gasteiger partial charge in [-0.2, -0.15) is 9.78 Å². The van der Waals surface area contributed by atoms with E-state index in [9.17, 15) is 29.1 Å². The van der Waals surface area contributed by atoms with Gasteiger partial charge in [0.15, 0.2) is 5.69 Å². The van der Waals surface area contributed by atoms with E-state index < -0.39 is 23.9 Å². The standard InChI is InChI=1S/C23H31N5O7/c1-15(11-12-18(29)24-13-7-3-4-10-20(31)32)25-19(30)14-27(2)23(35)28-17-9-6-5-8-16(17)21(26-28)22(33)34/h5-6,8-9,15H,3-4,7,10-14H2,1-2H3,(H,24,29)(H,25,30)(H,31,32)(H,33,34)/t15-/m0/s1. The minimum Gasteiger partial charge on any atom is -0.481 e. The highest BCUT2D eigenvalue weighted by molar-refractivity contribution is 6.04. The summed E-state index contributed by atoms with van der Waals surface area (Å²) in [6.07, 6.45) is 2.72. The van der Waals surface area contributed by atoms with Crippen molar-refractivity contribution in [2.75, 3.05) is 20.1 Å². The van der Waals surface area contributed by atoms with E-state index in [-0.39, 0.29) is 37.0 Å². The monoisotopic (exact) mass is 489 g/mol. The largest absolute Gasteiger partial charge is 0.481 e. The summed E-state index contributed by atoms with van der Waals surface area (Å²) in [4.78, 5) is 60.1. The number of carboxylic acid groups (broad SMARTS) is 2. The molecule has 12 heteroatoms. The van der Waals surface area contributed by atoms with Gasteiger partial charge in [0.25, 0.3) is 0 Å². The lowest BCUT2D eigenvalue weighted by atomic mass is 10.1. The van der Waals surface area contributed by atoms with Crippen molar-refractivity contribution in [3.05, 3.63) is 30.0 Å². The van der Waals surface area contributed by atoms with Crippen LogP contribution in [0, 0.1) is 0 Å². The van der Waals surface area contributed by atoms with Gasteiger partial charge in [0.05, 0.1) is 5.52 Å². The summed E-state index contributed by atoms with van der Waals surface area (Å²) in [5.74, 6) is -2.68. The van der Waals surface area contributed by atoms with E-state index in [0.29, 0.717) is 36.7 Å². The molecule has 3 amide bonds. The van der Waals surface area contributed by atoms with E-state index in [1.54, 1.807) is 31.2 Å². The van der Waals surface area contributed by atoms with Crippen LogP contribution in [0.15, 0.2) is 24.3 Å². The van der Waals surface area contributed by atoms with Crippen LogP contribution >= 0.6 is 0 Å². The van der Waals surface area contributed by atoms with E-state index in [1.165, 1.54) is 7.05 Å². The molecule has 0 aliphatic rings. The summed E-state index contributed by atoms with van der Waals surface area (Å²) in [7, 11) is 1.41. The molecule has 35 heavy (non-hydrogen) atoms. The summed E-state index contributed by atoms with van der Waals surface area (Å²) in [6.45, 7) is 1.94. The normalized spacial score (nSPS) is 11.6. The zero-order valence-electron chi connectivity index (χ0n) is 19.8. The molecule has 12 nitrogen and oxygen atoms in total. The second-order valence-corrected chi connectivity index (χ2v) is 8.28. The maximum atomic E-state index is 12.8. The van der Waals surface area contributed by atoms with Crippen molar-refractivity contribution in [2.45, 2.75) is 51.5 Å². The number of benzene rings is 1. The van der Waals surface area contributed by atoms with Gasteiger partial charge in [-0.05, 0) is 32.3 Å². The second kappa shape index (κ2) is 13.1. The van der Waals surface area contributed by atoms with Crippen LogP contribution in [0.4, 0.5) is 4.79 Å². The van der Waals surface area contributed by atoms with Gasteiger partial charge in [0, 0.05) is 37.9 Å². The fourth-order valence-corrected chi connectivity index (χ4v) is 3.45. The predicted octanol–water partition coefficient (Wildman–Crippen LogP) is 1.68. The van der Waals surface area contributed by atoms with Crippen molar-refractivity contribution >= 4 is 40.7 Å². The van der Waals surface area contributed by atoms with Gasteiger partial charge >= 0.3 is 18.0 Å². The molecule has 1 aromatic carbocycles. The lowest BCUT2D eigenvalue weighted by Crippen LogP contribution is -2.43. The van der Waals surface area contributed by atoms with Crippen molar-refractivity contribution in [1.29, 1.82) is 0 Å². The average molecular weight is 490 g/mol. The number of carbonyl (C=O) groups excluding carboxylic acids is 3. The van der Waals surface area contributed by atoms with Crippen molar-refractivity contribution in [2.24, 2.45) is 0 Å². The minimum absolute atomic E-state index is 0.119. The van der Waals surface area contributed by atoms with E-state index in [1.807, 2.05) is 0 Å². The van der Waals surface area contributed by atoms with Gasteiger partial charge < -0.3 is 25.7 Å². The molecule has 0 spiro atoms. The first-order valence-electron chi connectivity index (χ1n) is 11.3. The fourth-order valence-electron chi connectivity index (χ4n) is 3.45. The highest BCUT2D eigenvalue weighted by Crippen LogP contribution is 2.19. The zero-order chi connectivity index (χ0) is 26.0. The van der Waals surface area contributed by atoms with Crippen molar-refractivity contribution in [3.63, 3.8) is 0 Å². The number of carboxylic acids is 2. The molecule has 2 aromatic rings. The molecular formula is C23H31N5O7. The number of nitrogens with one attached hydrogen (secondary N) is 2. The number of carbonyl (C=O) groups is 5. The number of amides is 3. The van der Waals surface area contributed by atoms with Crippen LogP contribution in [0.1, 0.15) is 55.9 Å². The molecule has 1 atom stereocenters. The Balaban J connectivity index is 1.77. The summed E-state index contributed by atoms with van der Waals surface area (Å²) < 4.78 is 0.960. The molecule has 0 bridgehead atoms. The molecule has 1 heterocycles. The number of likely N-dealkylation sites (N-methyl/N-ethyl adjacent to an activating group) is 1. The Bertz CT molecular complexity index is 1080. The first kappa shape index (κ1) is 27.3. The van der Waals surface area contributed by atoms with E-state index in [2.05, 4.69) is 15.7 Å². The molecule has 0 saturated heterocycles. The Morgan fingerprint density at radius 3 is 2.43 bits per heavy atom. The first-order valence-corrected chi connectivity index (χ1v) is 11.3. The van der Waals surface area contributed by atoms with Crippen LogP contribution in [0.5, 0.6) is 0 Å². The molecule has 190 valence electrons. The SMILES string of the molecule is C[C@@H](CCC(=O)NCCCCCC(=O)O)NC(=O)CN(C)C(=O)n1nc(C(=O)O)c2ccccc21. The Labute approximate surface area is 202 Å². The van der Waals surface area contributed by atoms with Crippen LogP contribution in [0.25, 0.3) is 10.9 Å². The number of aromatic nitrogens is 2. The minimum atomic E-state index is -1.26. The lowest BCUT2D eigenvalue weighted by molar-refractivity contribution is -0.137. The number of fused-ring (bicyclic) bond motifs is 1. The number of rotatable bonds is 13. The van der Waals surface area contributed by atoms with Crippen molar-refractivity contribution in [3.8, 4) is 0 Å². The van der Waals surface area contributed by atoms with E-state index >= 15 is 0 Å². The maximum absolute atomic E-state index is 12.8. The molecular weight excluding hydrogens is 458 g/mol. The summed E-state index contributed by atoms with van der Waals surface area (Å²) >= 11 is 0. The van der Waals surface area contributed by atoms with Gasteiger partial charge in [-0.1, -0.05) is 24.6 Å². The van der Waals surface area contributed by atoms with Crippen LogP contribution in [0.2, 0.25) is 0 Å².